The highest BCUT2D eigenvalue weighted by atomic mass is 15.2. The highest BCUT2D eigenvalue weighted by Gasteiger charge is 1.98. The second-order valence-electron chi connectivity index (χ2n) is 2.38. The minimum atomic E-state index is 0.0616. The van der Waals surface area contributed by atoms with Gasteiger partial charge in [0.15, 0.2) is 0 Å². The van der Waals surface area contributed by atoms with Gasteiger partial charge in [0.05, 0.1) is 6.04 Å². The molecule has 10 heavy (non-hydrogen) atoms. The van der Waals surface area contributed by atoms with Crippen molar-refractivity contribution in [2.24, 2.45) is 5.84 Å². The number of hydrazine groups is 1. The lowest BCUT2D eigenvalue weighted by molar-refractivity contribution is 0.549. The maximum absolute atomic E-state index is 5.17. The summed E-state index contributed by atoms with van der Waals surface area (Å²) in [7, 11) is 0. The molecule has 0 aromatic rings. The van der Waals surface area contributed by atoms with Gasteiger partial charge in [0.1, 0.15) is 0 Å². The van der Waals surface area contributed by atoms with Crippen molar-refractivity contribution in [3.05, 3.63) is 0 Å². The van der Waals surface area contributed by atoms with Crippen LogP contribution in [0.3, 0.4) is 0 Å². The summed E-state index contributed by atoms with van der Waals surface area (Å²) in [4.78, 5) is 0. The highest BCUT2D eigenvalue weighted by molar-refractivity contribution is 4.97. The van der Waals surface area contributed by atoms with Gasteiger partial charge >= 0.3 is 0 Å². The van der Waals surface area contributed by atoms with E-state index in [4.69, 9.17) is 12.3 Å². The van der Waals surface area contributed by atoms with Gasteiger partial charge in [-0.05, 0) is 6.42 Å². The van der Waals surface area contributed by atoms with E-state index in [9.17, 15) is 0 Å². The second kappa shape index (κ2) is 6.60. The molecule has 2 nitrogen and oxygen atoms in total. The van der Waals surface area contributed by atoms with E-state index < -0.39 is 0 Å². The summed E-state index contributed by atoms with van der Waals surface area (Å²) in [6.45, 7) is 2.17. The summed E-state index contributed by atoms with van der Waals surface area (Å²) in [5.41, 5.74) is 2.57. The van der Waals surface area contributed by atoms with E-state index >= 15 is 0 Å². The molecular weight excluding hydrogens is 124 g/mol. The Labute approximate surface area is 63.2 Å². The van der Waals surface area contributed by atoms with Crippen molar-refractivity contribution < 1.29 is 0 Å². The summed E-state index contributed by atoms with van der Waals surface area (Å²) in [6.07, 6.45) is 9.78. The van der Waals surface area contributed by atoms with Crippen molar-refractivity contribution in [2.75, 3.05) is 0 Å². The van der Waals surface area contributed by atoms with Gasteiger partial charge in [-0.3, -0.25) is 5.84 Å². The maximum atomic E-state index is 5.17. The number of nitrogens with one attached hydrogen (secondary N) is 1. The van der Waals surface area contributed by atoms with Crippen LogP contribution in [0.2, 0.25) is 0 Å². The summed E-state index contributed by atoms with van der Waals surface area (Å²) in [5, 5.41) is 0. The van der Waals surface area contributed by atoms with Gasteiger partial charge in [0, 0.05) is 0 Å². The Morgan fingerprint density at radius 1 is 1.60 bits per heavy atom. The average molecular weight is 140 g/mol. The Bertz CT molecular complexity index is 104. The minimum Gasteiger partial charge on any atom is -0.270 e. The predicted molar refractivity (Wildman–Crippen MR) is 44.1 cm³/mol. The molecule has 1 unspecified atom stereocenters. The predicted octanol–water partition coefficient (Wildman–Crippen LogP) is 1.03. The molecule has 0 radical (unpaired) electrons. The summed E-state index contributed by atoms with van der Waals surface area (Å²) in [6, 6.07) is 0.0616. The van der Waals surface area contributed by atoms with Crippen molar-refractivity contribution in [2.45, 2.75) is 38.6 Å². The smallest absolute Gasteiger partial charge is 0.0814 e. The summed E-state index contributed by atoms with van der Waals surface area (Å²) in [5.74, 6) is 7.75. The minimum absolute atomic E-state index is 0.0616. The quantitative estimate of drug-likeness (QED) is 0.259. The molecule has 0 heterocycles. The fraction of sp³-hybridized carbons (Fsp3) is 0.750. The van der Waals surface area contributed by atoms with Crippen molar-refractivity contribution in [1.29, 1.82) is 0 Å². The van der Waals surface area contributed by atoms with E-state index in [2.05, 4.69) is 18.3 Å². The van der Waals surface area contributed by atoms with Gasteiger partial charge in [0.2, 0.25) is 0 Å². The van der Waals surface area contributed by atoms with E-state index in [0.717, 1.165) is 12.8 Å². The lowest BCUT2D eigenvalue weighted by atomic mass is 10.1. The van der Waals surface area contributed by atoms with Crippen LogP contribution in [-0.4, -0.2) is 6.04 Å². The van der Waals surface area contributed by atoms with Crippen molar-refractivity contribution in [3.8, 4) is 12.3 Å². The Balaban J connectivity index is 3.20. The molecule has 0 aromatic heterocycles. The highest BCUT2D eigenvalue weighted by Crippen LogP contribution is 2.01. The summed E-state index contributed by atoms with van der Waals surface area (Å²) < 4.78 is 0. The second-order valence-corrected chi connectivity index (χ2v) is 2.38. The molecule has 0 saturated heterocycles. The van der Waals surface area contributed by atoms with Crippen LogP contribution < -0.4 is 11.3 Å². The molecule has 58 valence electrons. The average Bonchev–Trinajstić information content (AvgIpc) is 1.99. The fourth-order valence-corrected chi connectivity index (χ4v) is 0.813. The third-order valence-electron chi connectivity index (χ3n) is 1.50. The van der Waals surface area contributed by atoms with Gasteiger partial charge in [-0.2, -0.15) is 0 Å². The molecule has 3 N–H and O–H groups in total. The van der Waals surface area contributed by atoms with Gasteiger partial charge in [-0.15, -0.1) is 6.42 Å². The van der Waals surface area contributed by atoms with Crippen LogP contribution in [0.4, 0.5) is 0 Å². The van der Waals surface area contributed by atoms with E-state index in [1.165, 1.54) is 12.8 Å². The molecule has 1 atom stereocenters. The van der Waals surface area contributed by atoms with Gasteiger partial charge < -0.3 is 0 Å². The molecule has 0 amide bonds. The third-order valence-corrected chi connectivity index (χ3v) is 1.50. The molecule has 0 aliphatic rings. The molecule has 2 heteroatoms. The molecule has 0 aromatic carbocycles. The lowest BCUT2D eigenvalue weighted by Gasteiger charge is -2.06. The van der Waals surface area contributed by atoms with Crippen LogP contribution in [0.5, 0.6) is 0 Å². The van der Waals surface area contributed by atoms with Crippen LogP contribution in [-0.2, 0) is 0 Å². The van der Waals surface area contributed by atoms with Crippen LogP contribution >= 0.6 is 0 Å². The topological polar surface area (TPSA) is 38.0 Å². The zero-order chi connectivity index (χ0) is 7.82. The molecular formula is C8H16N2. The number of rotatable bonds is 5. The summed E-state index contributed by atoms with van der Waals surface area (Å²) >= 11 is 0. The zero-order valence-corrected chi connectivity index (χ0v) is 6.56. The van der Waals surface area contributed by atoms with Crippen molar-refractivity contribution in [3.63, 3.8) is 0 Å². The molecule has 0 aliphatic carbocycles. The number of terminal acetylenes is 1. The van der Waals surface area contributed by atoms with E-state index in [0.29, 0.717) is 0 Å². The molecule has 0 bridgehead atoms. The number of unbranched alkanes of at least 4 members (excludes halogenated alkanes) is 2. The Morgan fingerprint density at radius 3 is 2.70 bits per heavy atom. The molecule has 0 fully saturated rings. The maximum Gasteiger partial charge on any atom is 0.0814 e. The number of nitrogens with two attached hydrogens (primary N) is 1. The van der Waals surface area contributed by atoms with E-state index in [1.54, 1.807) is 0 Å². The SMILES string of the molecule is C#CC(CCCCC)NN. The number of hydrogen-bond acceptors (Lipinski definition) is 2. The van der Waals surface area contributed by atoms with E-state index in [-0.39, 0.29) is 6.04 Å². The van der Waals surface area contributed by atoms with Crippen molar-refractivity contribution in [1.82, 2.24) is 5.43 Å². The van der Waals surface area contributed by atoms with Crippen LogP contribution in [0.1, 0.15) is 32.6 Å². The van der Waals surface area contributed by atoms with Crippen LogP contribution in [0.15, 0.2) is 0 Å². The first-order valence-corrected chi connectivity index (χ1v) is 3.77. The molecule has 0 spiro atoms. The Kier molecular flexibility index (Phi) is 6.25. The van der Waals surface area contributed by atoms with Gasteiger partial charge in [0.25, 0.3) is 0 Å². The molecule has 0 rings (SSSR count). The standard InChI is InChI=1S/C8H16N2/c1-3-5-6-7-8(4-2)10-9/h2,8,10H,3,5-7,9H2,1H3. The first kappa shape index (κ1) is 9.48. The normalized spacial score (nSPS) is 12.5. The van der Waals surface area contributed by atoms with Crippen LogP contribution in [0.25, 0.3) is 0 Å². The Morgan fingerprint density at radius 2 is 2.30 bits per heavy atom. The zero-order valence-electron chi connectivity index (χ0n) is 6.56. The van der Waals surface area contributed by atoms with Crippen LogP contribution in [0, 0.1) is 12.3 Å². The fourth-order valence-electron chi connectivity index (χ4n) is 0.813. The van der Waals surface area contributed by atoms with Gasteiger partial charge in [-0.25, -0.2) is 5.43 Å². The van der Waals surface area contributed by atoms with Gasteiger partial charge in [-0.1, -0.05) is 32.1 Å². The third kappa shape index (κ3) is 4.37. The molecule has 0 aliphatic heterocycles. The molecule has 0 saturated carbocycles. The first-order chi connectivity index (χ1) is 4.85. The van der Waals surface area contributed by atoms with Crippen molar-refractivity contribution >= 4 is 0 Å². The lowest BCUT2D eigenvalue weighted by Crippen LogP contribution is -2.33. The van der Waals surface area contributed by atoms with E-state index in [1.807, 2.05) is 0 Å². The largest absolute Gasteiger partial charge is 0.270 e. The number of hydrogen-bond donors (Lipinski definition) is 2. The first-order valence-electron chi connectivity index (χ1n) is 3.77. The monoisotopic (exact) mass is 140 g/mol. The Hall–Kier alpha value is -0.520.